The topological polar surface area (TPSA) is 55.1 Å². The Morgan fingerprint density at radius 3 is 2.94 bits per heavy atom. The summed E-state index contributed by atoms with van der Waals surface area (Å²) in [5.74, 6) is -0.0670. The summed E-state index contributed by atoms with van der Waals surface area (Å²) in [6.45, 7) is 0.657. The van der Waals surface area contributed by atoms with E-state index >= 15 is 0 Å². The first-order valence-corrected chi connectivity index (χ1v) is 6.25. The molecular formula is C15H18N2O. The molecule has 1 aromatic carbocycles. The molecule has 0 aromatic heterocycles. The quantitative estimate of drug-likeness (QED) is 0.797. The second-order valence-electron chi connectivity index (χ2n) is 4.39. The smallest absolute Gasteiger partial charge is 0.251 e. The van der Waals surface area contributed by atoms with Crippen molar-refractivity contribution in [3.05, 3.63) is 53.6 Å². The third kappa shape index (κ3) is 3.48. The predicted octanol–water partition coefficient (Wildman–Crippen LogP) is 2.67. The van der Waals surface area contributed by atoms with Crippen LogP contribution >= 0.6 is 0 Å². The Morgan fingerprint density at radius 1 is 1.33 bits per heavy atom. The normalized spacial score (nSPS) is 14.1. The lowest BCUT2D eigenvalue weighted by Crippen LogP contribution is -2.24. The zero-order chi connectivity index (χ0) is 12.8. The monoisotopic (exact) mass is 242 g/mol. The van der Waals surface area contributed by atoms with Crippen molar-refractivity contribution in [1.29, 1.82) is 0 Å². The Kier molecular flexibility index (Phi) is 4.18. The molecule has 0 radical (unpaired) electrons. The fourth-order valence-electron chi connectivity index (χ4n) is 1.96. The van der Waals surface area contributed by atoms with Crippen LogP contribution in [0.1, 0.15) is 29.6 Å². The molecule has 0 saturated heterocycles. The lowest BCUT2D eigenvalue weighted by molar-refractivity contribution is 0.0954. The van der Waals surface area contributed by atoms with E-state index in [4.69, 9.17) is 5.73 Å². The van der Waals surface area contributed by atoms with E-state index in [1.807, 2.05) is 0 Å². The van der Waals surface area contributed by atoms with Gasteiger partial charge in [0.25, 0.3) is 5.91 Å². The van der Waals surface area contributed by atoms with E-state index < -0.39 is 0 Å². The highest BCUT2D eigenvalue weighted by Gasteiger charge is 2.05. The van der Waals surface area contributed by atoms with Crippen molar-refractivity contribution in [2.45, 2.75) is 19.3 Å². The molecule has 0 atom stereocenters. The number of nitrogens with one attached hydrogen (secondary N) is 1. The molecule has 94 valence electrons. The lowest BCUT2D eigenvalue weighted by Gasteiger charge is -2.08. The van der Waals surface area contributed by atoms with E-state index in [0.29, 0.717) is 17.8 Å². The van der Waals surface area contributed by atoms with E-state index in [0.717, 1.165) is 19.3 Å². The second-order valence-corrected chi connectivity index (χ2v) is 4.39. The molecule has 0 unspecified atom stereocenters. The van der Waals surface area contributed by atoms with E-state index in [1.165, 1.54) is 5.57 Å². The third-order valence-corrected chi connectivity index (χ3v) is 2.92. The first-order valence-electron chi connectivity index (χ1n) is 6.25. The van der Waals surface area contributed by atoms with Gasteiger partial charge in [0, 0.05) is 17.8 Å². The van der Waals surface area contributed by atoms with Gasteiger partial charge in [-0.3, -0.25) is 4.79 Å². The summed E-state index contributed by atoms with van der Waals surface area (Å²) in [5, 5.41) is 2.90. The Bertz CT molecular complexity index is 489. The van der Waals surface area contributed by atoms with Crippen molar-refractivity contribution in [3.8, 4) is 0 Å². The maximum Gasteiger partial charge on any atom is 0.251 e. The van der Waals surface area contributed by atoms with E-state index in [9.17, 15) is 4.79 Å². The van der Waals surface area contributed by atoms with Crippen LogP contribution in [0.3, 0.4) is 0 Å². The lowest BCUT2D eigenvalue weighted by atomic mass is 10.0. The maximum atomic E-state index is 11.8. The van der Waals surface area contributed by atoms with Gasteiger partial charge in [-0.05, 0) is 37.5 Å². The molecule has 0 fully saturated rings. The molecule has 1 aliphatic rings. The van der Waals surface area contributed by atoms with Gasteiger partial charge in [0.15, 0.2) is 0 Å². The Balaban J connectivity index is 1.81. The molecule has 2 rings (SSSR count). The van der Waals surface area contributed by atoms with Crippen molar-refractivity contribution in [2.24, 2.45) is 0 Å². The number of carbonyl (C=O) groups is 1. The molecule has 18 heavy (non-hydrogen) atoms. The van der Waals surface area contributed by atoms with E-state index in [2.05, 4.69) is 23.5 Å². The van der Waals surface area contributed by atoms with Gasteiger partial charge < -0.3 is 11.1 Å². The Morgan fingerprint density at radius 2 is 2.22 bits per heavy atom. The van der Waals surface area contributed by atoms with Gasteiger partial charge in [-0.15, -0.1) is 0 Å². The van der Waals surface area contributed by atoms with Crippen molar-refractivity contribution >= 4 is 11.6 Å². The van der Waals surface area contributed by atoms with Crippen molar-refractivity contribution < 1.29 is 4.79 Å². The SMILES string of the molecule is Nc1cccc(C(=O)NCCC2=CCCC=C2)c1. The van der Waals surface area contributed by atoms with Gasteiger partial charge in [0.05, 0.1) is 0 Å². The second kappa shape index (κ2) is 6.05. The van der Waals surface area contributed by atoms with Crippen LogP contribution < -0.4 is 11.1 Å². The number of rotatable bonds is 4. The third-order valence-electron chi connectivity index (χ3n) is 2.92. The molecule has 3 nitrogen and oxygen atoms in total. The fraction of sp³-hybridized carbons (Fsp3) is 0.267. The highest BCUT2D eigenvalue weighted by atomic mass is 16.1. The standard InChI is InChI=1S/C15H18N2O/c16-14-8-4-7-13(11-14)15(18)17-10-9-12-5-2-1-3-6-12/h2,4-8,11H,1,3,9-10,16H2,(H,17,18). The number of nitrogens with two attached hydrogens (primary N) is 1. The molecule has 1 aromatic rings. The summed E-state index contributed by atoms with van der Waals surface area (Å²) in [4.78, 5) is 11.8. The zero-order valence-corrected chi connectivity index (χ0v) is 10.4. The molecular weight excluding hydrogens is 224 g/mol. The molecule has 0 spiro atoms. The van der Waals surface area contributed by atoms with Crippen LogP contribution in [0.5, 0.6) is 0 Å². The van der Waals surface area contributed by atoms with Crippen LogP contribution in [0.2, 0.25) is 0 Å². The largest absolute Gasteiger partial charge is 0.399 e. The van der Waals surface area contributed by atoms with Crippen LogP contribution in [0.4, 0.5) is 5.69 Å². The number of anilines is 1. The van der Waals surface area contributed by atoms with Crippen molar-refractivity contribution in [1.82, 2.24) is 5.32 Å². The van der Waals surface area contributed by atoms with Crippen LogP contribution in [-0.4, -0.2) is 12.5 Å². The predicted molar refractivity (Wildman–Crippen MR) is 74.3 cm³/mol. The van der Waals surface area contributed by atoms with Crippen molar-refractivity contribution in [2.75, 3.05) is 12.3 Å². The van der Waals surface area contributed by atoms with Crippen LogP contribution in [-0.2, 0) is 0 Å². The number of amides is 1. The van der Waals surface area contributed by atoms with E-state index in [1.54, 1.807) is 24.3 Å². The Labute approximate surface area is 107 Å². The van der Waals surface area contributed by atoms with Gasteiger partial charge in [-0.2, -0.15) is 0 Å². The summed E-state index contributed by atoms with van der Waals surface area (Å²) < 4.78 is 0. The minimum absolute atomic E-state index is 0.0670. The Hall–Kier alpha value is -2.03. The van der Waals surface area contributed by atoms with Gasteiger partial charge in [0.1, 0.15) is 0 Å². The number of nitrogen functional groups attached to an aromatic ring is 1. The summed E-state index contributed by atoms with van der Waals surface area (Å²) in [6.07, 6.45) is 9.65. The minimum atomic E-state index is -0.0670. The fourth-order valence-corrected chi connectivity index (χ4v) is 1.96. The number of hydrogen-bond acceptors (Lipinski definition) is 2. The molecule has 3 N–H and O–H groups in total. The molecule has 0 saturated carbocycles. The van der Waals surface area contributed by atoms with Gasteiger partial charge in [0.2, 0.25) is 0 Å². The molecule has 0 heterocycles. The highest BCUT2D eigenvalue weighted by Crippen LogP contribution is 2.12. The van der Waals surface area contributed by atoms with Crippen LogP contribution in [0, 0.1) is 0 Å². The summed E-state index contributed by atoms with van der Waals surface area (Å²) in [7, 11) is 0. The average molecular weight is 242 g/mol. The van der Waals surface area contributed by atoms with Crippen LogP contribution in [0.15, 0.2) is 48.1 Å². The number of benzene rings is 1. The first-order chi connectivity index (χ1) is 8.75. The molecule has 3 heteroatoms. The number of hydrogen-bond donors (Lipinski definition) is 2. The minimum Gasteiger partial charge on any atom is -0.399 e. The molecule has 0 aliphatic heterocycles. The highest BCUT2D eigenvalue weighted by molar-refractivity contribution is 5.94. The number of allylic oxidation sites excluding steroid dienone is 3. The number of carbonyl (C=O) groups excluding carboxylic acids is 1. The molecule has 1 aliphatic carbocycles. The van der Waals surface area contributed by atoms with E-state index in [-0.39, 0.29) is 5.91 Å². The maximum absolute atomic E-state index is 11.8. The first kappa shape index (κ1) is 12.4. The summed E-state index contributed by atoms with van der Waals surface area (Å²) in [6, 6.07) is 7.02. The summed E-state index contributed by atoms with van der Waals surface area (Å²) >= 11 is 0. The molecule has 1 amide bonds. The van der Waals surface area contributed by atoms with Gasteiger partial charge >= 0.3 is 0 Å². The zero-order valence-electron chi connectivity index (χ0n) is 10.4. The van der Waals surface area contributed by atoms with Crippen molar-refractivity contribution in [3.63, 3.8) is 0 Å². The summed E-state index contributed by atoms with van der Waals surface area (Å²) in [5.41, 5.74) is 8.17. The average Bonchev–Trinajstić information content (AvgIpc) is 2.40. The molecule has 0 bridgehead atoms. The van der Waals surface area contributed by atoms with Crippen LogP contribution in [0.25, 0.3) is 0 Å². The van der Waals surface area contributed by atoms with Gasteiger partial charge in [-0.25, -0.2) is 0 Å². The van der Waals surface area contributed by atoms with Gasteiger partial charge in [-0.1, -0.05) is 29.9 Å².